The van der Waals surface area contributed by atoms with Crippen LogP contribution in [0.1, 0.15) is 53.9 Å². The van der Waals surface area contributed by atoms with Gasteiger partial charge in [0.2, 0.25) is 0 Å². The molecule has 0 aromatic carbocycles. The van der Waals surface area contributed by atoms with Gasteiger partial charge in [0.25, 0.3) is 0 Å². The fourth-order valence-corrected chi connectivity index (χ4v) is 3.28. The Kier molecular flexibility index (Phi) is 2.63. The van der Waals surface area contributed by atoms with E-state index in [4.69, 9.17) is 9.47 Å². The van der Waals surface area contributed by atoms with Crippen molar-refractivity contribution in [2.45, 2.75) is 66.0 Å². The molecule has 0 radical (unpaired) electrons. The van der Waals surface area contributed by atoms with Crippen LogP contribution < -0.4 is 0 Å². The van der Waals surface area contributed by atoms with Crippen LogP contribution in [0.4, 0.5) is 0 Å². The summed E-state index contributed by atoms with van der Waals surface area (Å²) in [6, 6.07) is 0. The molecule has 3 heterocycles. The fourth-order valence-electron chi connectivity index (χ4n) is 3.28. The lowest BCUT2D eigenvalue weighted by Gasteiger charge is -2.45. The van der Waals surface area contributed by atoms with Crippen molar-refractivity contribution in [3.8, 4) is 0 Å². The van der Waals surface area contributed by atoms with Crippen molar-refractivity contribution in [1.82, 2.24) is 0 Å². The van der Waals surface area contributed by atoms with E-state index < -0.39 is 0 Å². The van der Waals surface area contributed by atoms with Gasteiger partial charge in [-0.2, -0.15) is 0 Å². The Hall–Kier alpha value is -0.0800. The maximum absolute atomic E-state index is 5.94. The third-order valence-corrected chi connectivity index (χ3v) is 4.83. The molecule has 3 aliphatic rings. The Balaban J connectivity index is 2.17. The minimum atomic E-state index is -0.263. The molecule has 3 rings (SSSR count). The first kappa shape index (κ1) is 11.4. The van der Waals surface area contributed by atoms with Crippen LogP contribution in [0.5, 0.6) is 0 Å². The first-order chi connectivity index (χ1) is 6.99. The van der Waals surface area contributed by atoms with Gasteiger partial charge < -0.3 is 9.47 Å². The van der Waals surface area contributed by atoms with Crippen molar-refractivity contribution in [2.24, 2.45) is 17.3 Å². The van der Waals surface area contributed by atoms with Crippen molar-refractivity contribution >= 4 is 0 Å². The number of hydrogen-bond donors (Lipinski definition) is 0. The highest BCUT2D eigenvalue weighted by atomic mass is 16.9. The average Bonchev–Trinajstić information content (AvgIpc) is 2.46. The molecule has 3 atom stereocenters. The van der Waals surface area contributed by atoms with Gasteiger partial charge in [0.15, 0.2) is 12.1 Å². The van der Waals surface area contributed by atoms with E-state index in [9.17, 15) is 0 Å². The summed E-state index contributed by atoms with van der Waals surface area (Å²) in [5.41, 5.74) is 0.210. The molecule has 0 aromatic heterocycles. The van der Waals surface area contributed by atoms with Gasteiger partial charge in [0.1, 0.15) is 0 Å². The maximum atomic E-state index is 5.94. The van der Waals surface area contributed by atoms with E-state index in [2.05, 4.69) is 34.6 Å². The second kappa shape index (κ2) is 3.46. The van der Waals surface area contributed by atoms with Crippen molar-refractivity contribution in [3.63, 3.8) is 0 Å². The first-order valence-electron chi connectivity index (χ1n) is 6.34. The molecule has 2 bridgehead atoms. The minimum absolute atomic E-state index is 0.0685. The molecule has 0 saturated carbocycles. The van der Waals surface area contributed by atoms with E-state index in [0.29, 0.717) is 5.92 Å². The van der Waals surface area contributed by atoms with Crippen LogP contribution in [-0.2, 0) is 9.47 Å². The molecule has 2 heteroatoms. The quantitative estimate of drug-likeness (QED) is 0.709. The summed E-state index contributed by atoms with van der Waals surface area (Å²) in [6.45, 7) is 11.4. The molecule has 3 aliphatic heterocycles. The summed E-state index contributed by atoms with van der Waals surface area (Å²) in [5, 5.41) is 0. The molecule has 3 unspecified atom stereocenters. The first-order valence-corrected chi connectivity index (χ1v) is 6.34. The highest BCUT2D eigenvalue weighted by Crippen LogP contribution is 2.64. The average molecular weight is 212 g/mol. The van der Waals surface area contributed by atoms with E-state index in [0.717, 1.165) is 12.3 Å². The molecule has 88 valence electrons. The van der Waals surface area contributed by atoms with Gasteiger partial charge in [-0.3, -0.25) is 0 Å². The van der Waals surface area contributed by atoms with Crippen LogP contribution in [0, 0.1) is 17.3 Å². The normalized spacial score (nSPS) is 50.2. The van der Waals surface area contributed by atoms with Crippen LogP contribution in [0.2, 0.25) is 0 Å². The predicted molar refractivity (Wildman–Crippen MR) is 60.3 cm³/mol. The van der Waals surface area contributed by atoms with Crippen LogP contribution in [0.3, 0.4) is 0 Å². The van der Waals surface area contributed by atoms with Gasteiger partial charge in [0, 0.05) is 11.3 Å². The Morgan fingerprint density at radius 1 is 1.27 bits per heavy atom. The van der Waals surface area contributed by atoms with Gasteiger partial charge >= 0.3 is 0 Å². The summed E-state index contributed by atoms with van der Waals surface area (Å²) >= 11 is 0. The summed E-state index contributed by atoms with van der Waals surface area (Å²) in [7, 11) is 0. The van der Waals surface area contributed by atoms with E-state index in [1.807, 2.05) is 0 Å². The zero-order valence-electron chi connectivity index (χ0n) is 10.7. The molecule has 0 N–H and O–H groups in total. The third-order valence-electron chi connectivity index (χ3n) is 4.83. The molecular formula is C13H24O2. The summed E-state index contributed by atoms with van der Waals surface area (Å²) in [5.74, 6) is 1.03. The van der Waals surface area contributed by atoms with Crippen LogP contribution in [-0.4, -0.2) is 12.1 Å². The molecule has 0 spiro atoms. The zero-order valence-corrected chi connectivity index (χ0v) is 10.7. The van der Waals surface area contributed by atoms with Gasteiger partial charge in [0.05, 0.1) is 0 Å². The van der Waals surface area contributed by atoms with Crippen molar-refractivity contribution < 1.29 is 9.47 Å². The lowest BCUT2D eigenvalue weighted by Crippen LogP contribution is -2.51. The number of rotatable bonds is 4. The number of fused-ring (bicyclic) bond motifs is 1. The Morgan fingerprint density at radius 3 is 2.33 bits per heavy atom. The van der Waals surface area contributed by atoms with Gasteiger partial charge in [-0.25, -0.2) is 0 Å². The monoisotopic (exact) mass is 212 g/mol. The summed E-state index contributed by atoms with van der Waals surface area (Å²) in [6.07, 6.45) is 3.50. The molecule has 2 nitrogen and oxygen atoms in total. The van der Waals surface area contributed by atoms with Gasteiger partial charge in [-0.1, -0.05) is 41.0 Å². The lowest BCUT2D eigenvalue weighted by atomic mass is 9.69. The van der Waals surface area contributed by atoms with Crippen LogP contribution in [0.15, 0.2) is 0 Å². The standard InChI is InChI=1S/C13H24O2/c1-6-9(3)8-12(5)10(4)11-14-13(12,7-2)15-11/h9-11H,6-8H2,1-5H3. The van der Waals surface area contributed by atoms with Crippen LogP contribution in [0.25, 0.3) is 0 Å². The molecule has 0 amide bonds. The molecule has 15 heavy (non-hydrogen) atoms. The Labute approximate surface area is 93.3 Å². The van der Waals surface area contributed by atoms with Crippen molar-refractivity contribution in [1.29, 1.82) is 0 Å². The van der Waals surface area contributed by atoms with E-state index in [1.165, 1.54) is 12.8 Å². The van der Waals surface area contributed by atoms with Gasteiger partial charge in [-0.05, 0) is 18.8 Å². The minimum Gasteiger partial charge on any atom is -0.320 e. The Morgan fingerprint density at radius 2 is 1.87 bits per heavy atom. The van der Waals surface area contributed by atoms with Gasteiger partial charge in [-0.15, -0.1) is 0 Å². The second-order valence-corrected chi connectivity index (χ2v) is 5.63. The van der Waals surface area contributed by atoms with Crippen molar-refractivity contribution in [3.05, 3.63) is 0 Å². The third kappa shape index (κ3) is 1.31. The highest BCUT2D eigenvalue weighted by molar-refractivity contribution is 5.07. The van der Waals surface area contributed by atoms with E-state index in [1.54, 1.807) is 0 Å². The second-order valence-electron chi connectivity index (χ2n) is 5.63. The number of hydrogen-bond acceptors (Lipinski definition) is 2. The summed E-state index contributed by atoms with van der Waals surface area (Å²) < 4.78 is 11.9. The highest BCUT2D eigenvalue weighted by Gasteiger charge is 2.70. The maximum Gasteiger partial charge on any atom is 0.180 e. The zero-order chi connectivity index (χ0) is 11.3. The molecule has 0 aromatic rings. The van der Waals surface area contributed by atoms with E-state index in [-0.39, 0.29) is 17.5 Å². The molecule has 3 fully saturated rings. The molecular weight excluding hydrogens is 188 g/mol. The lowest BCUT2D eigenvalue weighted by molar-refractivity contribution is -0.429. The smallest absolute Gasteiger partial charge is 0.180 e. The fraction of sp³-hybridized carbons (Fsp3) is 1.00. The summed E-state index contributed by atoms with van der Waals surface area (Å²) in [4.78, 5) is 0. The molecule has 0 aliphatic carbocycles. The largest absolute Gasteiger partial charge is 0.320 e. The van der Waals surface area contributed by atoms with E-state index >= 15 is 0 Å². The van der Waals surface area contributed by atoms with Crippen LogP contribution >= 0.6 is 0 Å². The van der Waals surface area contributed by atoms with Crippen molar-refractivity contribution in [2.75, 3.05) is 0 Å². The number of ether oxygens (including phenoxy) is 2. The molecule has 3 saturated heterocycles. The topological polar surface area (TPSA) is 18.5 Å². The Bertz CT molecular complexity index is 245. The predicted octanol–water partition coefficient (Wildman–Crippen LogP) is 3.56. The SMILES string of the molecule is CCC(C)CC1(C)C(C)C2OC1(CC)O2.